The molecule has 0 heterocycles. The molecule has 0 aliphatic rings. The van der Waals surface area contributed by atoms with Crippen molar-refractivity contribution in [1.29, 1.82) is 0 Å². The maximum Gasteiger partial charge on any atom is 0.0615 e. The quantitative estimate of drug-likeness (QED) is 0.844. The van der Waals surface area contributed by atoms with E-state index >= 15 is 0 Å². The average Bonchev–Trinajstić information content (AvgIpc) is 2.38. The summed E-state index contributed by atoms with van der Waals surface area (Å²) in [5, 5.41) is -0.0296. The first-order valence-electron chi connectivity index (χ1n) is 5.49. The van der Waals surface area contributed by atoms with Crippen LogP contribution in [0.25, 0.3) is 0 Å². The van der Waals surface area contributed by atoms with Crippen molar-refractivity contribution in [2.75, 3.05) is 5.73 Å². The fourth-order valence-corrected chi connectivity index (χ4v) is 2.97. The predicted octanol–water partition coefficient (Wildman–Crippen LogP) is 3.14. The molecule has 0 saturated carbocycles. The third-order valence-corrected chi connectivity index (χ3v) is 4.31. The summed E-state index contributed by atoms with van der Waals surface area (Å²) in [6.45, 7) is 1.97. The zero-order chi connectivity index (χ0) is 12.3. The zero-order valence-electron chi connectivity index (χ0n) is 9.67. The van der Waals surface area contributed by atoms with E-state index in [2.05, 4.69) is 0 Å². The van der Waals surface area contributed by atoms with Crippen LogP contribution >= 0.6 is 0 Å². The normalized spacial score (nSPS) is 14.2. The molecule has 0 saturated heterocycles. The SMILES string of the molecule is CC(c1ccccc1)S(=O)c1cccc(N)c1. The van der Waals surface area contributed by atoms with E-state index in [0.29, 0.717) is 5.69 Å². The van der Waals surface area contributed by atoms with Crippen LogP contribution in [0.4, 0.5) is 5.69 Å². The minimum absolute atomic E-state index is 0.0296. The fourth-order valence-electron chi connectivity index (χ4n) is 1.69. The molecule has 0 amide bonds. The van der Waals surface area contributed by atoms with Gasteiger partial charge in [0.05, 0.1) is 16.0 Å². The minimum Gasteiger partial charge on any atom is -0.399 e. The van der Waals surface area contributed by atoms with Gasteiger partial charge in [-0.15, -0.1) is 0 Å². The smallest absolute Gasteiger partial charge is 0.0615 e. The van der Waals surface area contributed by atoms with E-state index in [1.807, 2.05) is 49.4 Å². The molecule has 2 aromatic carbocycles. The third kappa shape index (κ3) is 2.74. The number of anilines is 1. The van der Waals surface area contributed by atoms with Crippen LogP contribution < -0.4 is 5.73 Å². The summed E-state index contributed by atoms with van der Waals surface area (Å²) in [5.74, 6) is 0. The predicted molar refractivity (Wildman–Crippen MR) is 72.1 cm³/mol. The first-order valence-corrected chi connectivity index (χ1v) is 6.71. The molecular formula is C14H15NOS. The van der Waals surface area contributed by atoms with Crippen molar-refractivity contribution in [2.24, 2.45) is 0 Å². The molecule has 2 atom stereocenters. The molecule has 2 unspecified atom stereocenters. The molecule has 0 bridgehead atoms. The Hall–Kier alpha value is -1.61. The first-order chi connectivity index (χ1) is 8.18. The molecule has 88 valence electrons. The summed E-state index contributed by atoms with van der Waals surface area (Å²) in [5.41, 5.74) is 7.43. The summed E-state index contributed by atoms with van der Waals surface area (Å²) in [6.07, 6.45) is 0. The molecule has 0 spiro atoms. The summed E-state index contributed by atoms with van der Waals surface area (Å²) < 4.78 is 12.4. The van der Waals surface area contributed by atoms with Gasteiger partial charge in [-0.3, -0.25) is 4.21 Å². The van der Waals surface area contributed by atoms with Crippen molar-refractivity contribution < 1.29 is 4.21 Å². The molecule has 17 heavy (non-hydrogen) atoms. The number of hydrogen-bond donors (Lipinski definition) is 1. The summed E-state index contributed by atoms with van der Waals surface area (Å²) in [6, 6.07) is 17.1. The second-order valence-corrected chi connectivity index (χ2v) is 5.70. The Morgan fingerprint density at radius 1 is 1.06 bits per heavy atom. The fraction of sp³-hybridized carbons (Fsp3) is 0.143. The largest absolute Gasteiger partial charge is 0.399 e. The monoisotopic (exact) mass is 245 g/mol. The summed E-state index contributed by atoms with van der Waals surface area (Å²) in [4.78, 5) is 0.779. The van der Waals surface area contributed by atoms with Gasteiger partial charge in [-0.1, -0.05) is 36.4 Å². The van der Waals surface area contributed by atoms with E-state index in [9.17, 15) is 4.21 Å². The molecule has 0 aliphatic carbocycles. The molecule has 2 rings (SSSR count). The summed E-state index contributed by atoms with van der Waals surface area (Å²) >= 11 is 0. The third-order valence-electron chi connectivity index (χ3n) is 2.68. The highest BCUT2D eigenvalue weighted by Crippen LogP contribution is 2.25. The van der Waals surface area contributed by atoms with E-state index in [1.165, 1.54) is 0 Å². The highest BCUT2D eigenvalue weighted by molar-refractivity contribution is 7.85. The van der Waals surface area contributed by atoms with Gasteiger partial charge in [0.1, 0.15) is 0 Å². The lowest BCUT2D eigenvalue weighted by Crippen LogP contribution is -2.03. The number of rotatable bonds is 3. The van der Waals surface area contributed by atoms with Crippen LogP contribution in [0.3, 0.4) is 0 Å². The highest BCUT2D eigenvalue weighted by Gasteiger charge is 2.15. The van der Waals surface area contributed by atoms with Crippen molar-refractivity contribution in [3.63, 3.8) is 0 Å². The molecular weight excluding hydrogens is 230 g/mol. The van der Waals surface area contributed by atoms with Gasteiger partial charge in [0, 0.05) is 10.6 Å². The average molecular weight is 245 g/mol. The number of hydrogen-bond acceptors (Lipinski definition) is 2. The zero-order valence-corrected chi connectivity index (χ0v) is 10.5. The molecule has 3 heteroatoms. The number of nitrogen functional groups attached to an aromatic ring is 1. The Labute approximate surface area is 104 Å². The van der Waals surface area contributed by atoms with Crippen LogP contribution in [0.2, 0.25) is 0 Å². The molecule has 2 nitrogen and oxygen atoms in total. The topological polar surface area (TPSA) is 43.1 Å². The maximum absolute atomic E-state index is 12.4. The van der Waals surface area contributed by atoms with Crippen LogP contribution in [0.15, 0.2) is 59.5 Å². The number of benzene rings is 2. The maximum atomic E-state index is 12.4. The standard InChI is InChI=1S/C14H15NOS/c1-11(12-6-3-2-4-7-12)17(16)14-9-5-8-13(15)10-14/h2-11H,15H2,1H3. The van der Waals surface area contributed by atoms with E-state index < -0.39 is 10.8 Å². The molecule has 2 aromatic rings. The minimum atomic E-state index is -1.07. The Morgan fingerprint density at radius 2 is 1.76 bits per heavy atom. The van der Waals surface area contributed by atoms with E-state index in [0.717, 1.165) is 10.5 Å². The van der Waals surface area contributed by atoms with Crippen molar-refractivity contribution in [3.05, 3.63) is 60.2 Å². The second-order valence-electron chi connectivity index (χ2n) is 3.92. The van der Waals surface area contributed by atoms with Gasteiger partial charge in [0.2, 0.25) is 0 Å². The van der Waals surface area contributed by atoms with Crippen molar-refractivity contribution in [2.45, 2.75) is 17.1 Å². The number of nitrogens with two attached hydrogens (primary N) is 1. The van der Waals surface area contributed by atoms with Gasteiger partial charge in [0.25, 0.3) is 0 Å². The Balaban J connectivity index is 2.27. The lowest BCUT2D eigenvalue weighted by molar-refractivity contribution is 0.676. The van der Waals surface area contributed by atoms with Gasteiger partial charge < -0.3 is 5.73 Å². The van der Waals surface area contributed by atoms with Crippen LogP contribution in [0.1, 0.15) is 17.7 Å². The van der Waals surface area contributed by atoms with Gasteiger partial charge in [0.15, 0.2) is 0 Å². The van der Waals surface area contributed by atoms with Crippen molar-refractivity contribution >= 4 is 16.5 Å². The Morgan fingerprint density at radius 3 is 2.41 bits per heavy atom. The van der Waals surface area contributed by atoms with Gasteiger partial charge in [-0.25, -0.2) is 0 Å². The van der Waals surface area contributed by atoms with Crippen molar-refractivity contribution in [3.8, 4) is 0 Å². The van der Waals surface area contributed by atoms with Crippen molar-refractivity contribution in [1.82, 2.24) is 0 Å². The van der Waals surface area contributed by atoms with Gasteiger partial charge >= 0.3 is 0 Å². The molecule has 0 aliphatic heterocycles. The molecule has 2 N–H and O–H groups in total. The van der Waals surface area contributed by atoms with E-state index in [4.69, 9.17) is 5.73 Å². The van der Waals surface area contributed by atoms with Crippen LogP contribution in [0.5, 0.6) is 0 Å². The first kappa shape index (κ1) is 11.9. The van der Waals surface area contributed by atoms with E-state index in [-0.39, 0.29) is 5.25 Å². The molecule has 0 radical (unpaired) electrons. The Bertz CT molecular complexity index is 525. The van der Waals surface area contributed by atoms with Crippen LogP contribution in [0, 0.1) is 0 Å². The van der Waals surface area contributed by atoms with Crippen LogP contribution in [-0.2, 0) is 10.8 Å². The highest BCUT2D eigenvalue weighted by atomic mass is 32.2. The van der Waals surface area contributed by atoms with Crippen LogP contribution in [-0.4, -0.2) is 4.21 Å². The lowest BCUT2D eigenvalue weighted by atomic mass is 10.2. The Kier molecular flexibility index (Phi) is 3.59. The second kappa shape index (κ2) is 5.15. The molecule has 0 aromatic heterocycles. The van der Waals surface area contributed by atoms with E-state index in [1.54, 1.807) is 12.1 Å². The lowest BCUT2D eigenvalue weighted by Gasteiger charge is -2.12. The molecule has 0 fully saturated rings. The van der Waals surface area contributed by atoms with Gasteiger partial charge in [-0.2, -0.15) is 0 Å². The van der Waals surface area contributed by atoms with Gasteiger partial charge in [-0.05, 0) is 30.7 Å². The summed E-state index contributed by atoms with van der Waals surface area (Å²) in [7, 11) is -1.07.